The Kier molecular flexibility index (Phi) is 3.88. The summed E-state index contributed by atoms with van der Waals surface area (Å²) in [5.41, 5.74) is 8.18. The lowest BCUT2D eigenvalue weighted by Gasteiger charge is -2.34. The molecule has 0 spiro atoms. The monoisotopic (exact) mass is 269 g/mol. The zero-order valence-electron chi connectivity index (χ0n) is 12.2. The first-order chi connectivity index (χ1) is 9.81. The molecule has 1 aromatic carbocycles. The number of hydrogen-bond donors (Lipinski definition) is 1. The van der Waals surface area contributed by atoms with Gasteiger partial charge in [0.15, 0.2) is 0 Å². The largest absolute Gasteiger partial charge is 0.356 e. The number of fused-ring (bicyclic) bond motifs is 1. The molecule has 106 valence electrons. The van der Waals surface area contributed by atoms with Gasteiger partial charge in [0.05, 0.1) is 5.52 Å². The van der Waals surface area contributed by atoms with E-state index in [9.17, 15) is 0 Å². The summed E-state index contributed by atoms with van der Waals surface area (Å²) in [6.45, 7) is 5.07. The van der Waals surface area contributed by atoms with Crippen molar-refractivity contribution in [2.24, 2.45) is 11.7 Å². The van der Waals surface area contributed by atoms with Crippen LogP contribution < -0.4 is 10.6 Å². The fraction of sp³-hybridized carbons (Fsp3) is 0.471. The van der Waals surface area contributed by atoms with Gasteiger partial charge in [0.25, 0.3) is 0 Å². The minimum Gasteiger partial charge on any atom is -0.356 e. The van der Waals surface area contributed by atoms with E-state index in [2.05, 4.69) is 36.1 Å². The average molecular weight is 269 g/mol. The fourth-order valence-electron chi connectivity index (χ4n) is 3.16. The van der Waals surface area contributed by atoms with Crippen LogP contribution in [0.25, 0.3) is 10.9 Å². The molecule has 1 atom stereocenters. The molecule has 2 N–H and O–H groups in total. The molecule has 1 fully saturated rings. The Balaban J connectivity index is 2.00. The number of para-hydroxylation sites is 1. The minimum atomic E-state index is 0.556. The topological polar surface area (TPSA) is 42.2 Å². The molecular weight excluding hydrogens is 246 g/mol. The SMILES string of the molecule is CCC1CCCN(c2nc3ccccc3cc2CN)C1. The predicted octanol–water partition coefficient (Wildman–Crippen LogP) is 3.32. The molecule has 1 aliphatic rings. The zero-order valence-corrected chi connectivity index (χ0v) is 12.2. The molecule has 0 amide bonds. The van der Waals surface area contributed by atoms with Gasteiger partial charge in [0.2, 0.25) is 0 Å². The van der Waals surface area contributed by atoms with Gasteiger partial charge in [0, 0.05) is 30.6 Å². The van der Waals surface area contributed by atoms with E-state index in [1.807, 2.05) is 6.07 Å². The van der Waals surface area contributed by atoms with Crippen molar-refractivity contribution in [3.05, 3.63) is 35.9 Å². The Morgan fingerprint density at radius 2 is 2.20 bits per heavy atom. The van der Waals surface area contributed by atoms with Gasteiger partial charge < -0.3 is 10.6 Å². The second-order valence-electron chi connectivity index (χ2n) is 5.73. The summed E-state index contributed by atoms with van der Waals surface area (Å²) in [7, 11) is 0. The van der Waals surface area contributed by atoms with Gasteiger partial charge in [-0.05, 0) is 30.9 Å². The quantitative estimate of drug-likeness (QED) is 0.929. The van der Waals surface area contributed by atoms with Crippen LogP contribution in [0.1, 0.15) is 31.7 Å². The van der Waals surface area contributed by atoms with Crippen LogP contribution in [0.15, 0.2) is 30.3 Å². The first-order valence-electron chi connectivity index (χ1n) is 7.65. The van der Waals surface area contributed by atoms with Crippen LogP contribution in [0.2, 0.25) is 0 Å². The van der Waals surface area contributed by atoms with E-state index in [-0.39, 0.29) is 0 Å². The highest BCUT2D eigenvalue weighted by atomic mass is 15.2. The maximum atomic E-state index is 5.95. The molecule has 2 aromatic rings. The summed E-state index contributed by atoms with van der Waals surface area (Å²) >= 11 is 0. The van der Waals surface area contributed by atoms with Crippen molar-refractivity contribution in [3.8, 4) is 0 Å². The summed E-state index contributed by atoms with van der Waals surface area (Å²) < 4.78 is 0. The van der Waals surface area contributed by atoms with Crippen molar-refractivity contribution in [1.29, 1.82) is 0 Å². The van der Waals surface area contributed by atoms with E-state index in [4.69, 9.17) is 10.7 Å². The highest BCUT2D eigenvalue weighted by Crippen LogP contribution is 2.28. The van der Waals surface area contributed by atoms with E-state index >= 15 is 0 Å². The lowest BCUT2D eigenvalue weighted by atomic mass is 9.95. The molecule has 3 nitrogen and oxygen atoms in total. The van der Waals surface area contributed by atoms with E-state index in [0.717, 1.165) is 30.3 Å². The third-order valence-electron chi connectivity index (χ3n) is 4.40. The molecular formula is C17H23N3. The second-order valence-corrected chi connectivity index (χ2v) is 5.73. The highest BCUT2D eigenvalue weighted by Gasteiger charge is 2.21. The van der Waals surface area contributed by atoms with Gasteiger partial charge in [-0.2, -0.15) is 0 Å². The van der Waals surface area contributed by atoms with Crippen molar-refractivity contribution in [1.82, 2.24) is 4.98 Å². The number of hydrogen-bond acceptors (Lipinski definition) is 3. The molecule has 0 saturated carbocycles. The maximum absolute atomic E-state index is 5.95. The zero-order chi connectivity index (χ0) is 13.9. The second kappa shape index (κ2) is 5.80. The first-order valence-corrected chi connectivity index (χ1v) is 7.65. The molecule has 1 aromatic heterocycles. The van der Waals surface area contributed by atoms with E-state index < -0.39 is 0 Å². The number of aromatic nitrogens is 1. The van der Waals surface area contributed by atoms with Crippen molar-refractivity contribution < 1.29 is 0 Å². The predicted molar refractivity (Wildman–Crippen MR) is 84.9 cm³/mol. The lowest BCUT2D eigenvalue weighted by molar-refractivity contribution is 0.402. The van der Waals surface area contributed by atoms with Crippen LogP contribution in [-0.2, 0) is 6.54 Å². The van der Waals surface area contributed by atoms with Crippen molar-refractivity contribution in [2.75, 3.05) is 18.0 Å². The molecule has 3 heteroatoms. The van der Waals surface area contributed by atoms with E-state index in [1.165, 1.54) is 30.2 Å². The smallest absolute Gasteiger partial charge is 0.133 e. The van der Waals surface area contributed by atoms with Gasteiger partial charge in [-0.15, -0.1) is 0 Å². The Morgan fingerprint density at radius 1 is 1.35 bits per heavy atom. The normalized spacial score (nSPS) is 19.5. The number of piperidine rings is 1. The number of benzene rings is 1. The molecule has 0 radical (unpaired) electrons. The molecule has 0 aliphatic carbocycles. The molecule has 1 unspecified atom stereocenters. The summed E-state index contributed by atoms with van der Waals surface area (Å²) in [5, 5.41) is 1.18. The van der Waals surface area contributed by atoms with Crippen LogP contribution in [0, 0.1) is 5.92 Å². The summed E-state index contributed by atoms with van der Waals surface area (Å²) in [6, 6.07) is 10.5. The van der Waals surface area contributed by atoms with Crippen molar-refractivity contribution >= 4 is 16.7 Å². The average Bonchev–Trinajstić information content (AvgIpc) is 2.53. The van der Waals surface area contributed by atoms with Crippen LogP contribution in [0.3, 0.4) is 0 Å². The number of nitrogens with zero attached hydrogens (tertiary/aromatic N) is 2. The Bertz CT molecular complexity index is 594. The van der Waals surface area contributed by atoms with Gasteiger partial charge in [0.1, 0.15) is 5.82 Å². The van der Waals surface area contributed by atoms with Crippen LogP contribution in [-0.4, -0.2) is 18.1 Å². The maximum Gasteiger partial charge on any atom is 0.133 e. The molecule has 20 heavy (non-hydrogen) atoms. The van der Waals surface area contributed by atoms with Crippen LogP contribution in [0.5, 0.6) is 0 Å². The van der Waals surface area contributed by atoms with E-state index in [1.54, 1.807) is 0 Å². The summed E-state index contributed by atoms with van der Waals surface area (Å²) in [4.78, 5) is 7.32. The van der Waals surface area contributed by atoms with Gasteiger partial charge in [-0.25, -0.2) is 4.98 Å². The highest BCUT2D eigenvalue weighted by molar-refractivity contribution is 5.81. The standard InChI is InChI=1S/C17H23N3/c1-2-13-6-5-9-20(12-13)17-15(11-18)10-14-7-3-4-8-16(14)19-17/h3-4,7-8,10,13H,2,5-6,9,11-12,18H2,1H3. The van der Waals surface area contributed by atoms with Crippen molar-refractivity contribution in [3.63, 3.8) is 0 Å². The molecule has 2 heterocycles. The molecule has 0 bridgehead atoms. The lowest BCUT2D eigenvalue weighted by Crippen LogP contribution is -2.36. The van der Waals surface area contributed by atoms with Crippen molar-refractivity contribution in [2.45, 2.75) is 32.7 Å². The summed E-state index contributed by atoms with van der Waals surface area (Å²) in [6.07, 6.45) is 3.86. The van der Waals surface area contributed by atoms with Gasteiger partial charge in [-0.3, -0.25) is 0 Å². The van der Waals surface area contributed by atoms with Gasteiger partial charge in [-0.1, -0.05) is 31.5 Å². The van der Waals surface area contributed by atoms with Gasteiger partial charge >= 0.3 is 0 Å². The number of pyridine rings is 1. The van der Waals surface area contributed by atoms with Crippen LogP contribution >= 0.6 is 0 Å². The third-order valence-corrected chi connectivity index (χ3v) is 4.40. The Morgan fingerprint density at radius 3 is 3.00 bits per heavy atom. The van der Waals surface area contributed by atoms with E-state index in [0.29, 0.717) is 6.54 Å². The molecule has 1 aliphatic heterocycles. The minimum absolute atomic E-state index is 0.556. The number of anilines is 1. The Hall–Kier alpha value is -1.61. The number of nitrogens with two attached hydrogens (primary N) is 1. The Labute approximate surface area is 120 Å². The fourth-order valence-corrected chi connectivity index (χ4v) is 3.16. The molecule has 1 saturated heterocycles. The third kappa shape index (κ3) is 2.50. The summed E-state index contributed by atoms with van der Waals surface area (Å²) in [5.74, 6) is 1.90. The first kappa shape index (κ1) is 13.4. The van der Waals surface area contributed by atoms with Crippen LogP contribution in [0.4, 0.5) is 5.82 Å². The molecule has 3 rings (SSSR count). The number of rotatable bonds is 3.